The molecule has 0 atom stereocenters. The summed E-state index contributed by atoms with van der Waals surface area (Å²) in [5, 5.41) is 0. The van der Waals surface area contributed by atoms with Crippen LogP contribution in [0.15, 0.2) is 18.2 Å². The maximum atomic E-state index is 5.30. The summed E-state index contributed by atoms with van der Waals surface area (Å²) < 4.78 is 10.7. The molecule has 1 aromatic rings. The number of rotatable bonds is 3. The molecule has 1 aliphatic heterocycles. The molecule has 1 saturated heterocycles. The van der Waals surface area contributed by atoms with Crippen LogP contribution in [0.1, 0.15) is 12.5 Å². The van der Waals surface area contributed by atoms with E-state index in [0.717, 1.165) is 11.5 Å². The van der Waals surface area contributed by atoms with Crippen LogP contribution < -0.4 is 9.47 Å². The van der Waals surface area contributed by atoms with Crippen LogP contribution in [-0.2, 0) is 4.08 Å². The van der Waals surface area contributed by atoms with Crippen LogP contribution in [0, 0.1) is 0 Å². The van der Waals surface area contributed by atoms with Crippen molar-refractivity contribution in [1.29, 1.82) is 0 Å². The summed E-state index contributed by atoms with van der Waals surface area (Å²) in [6.07, 6.45) is 0. The number of ether oxygens (including phenoxy) is 2. The maximum Gasteiger partial charge on any atom is 0.122 e. The Morgan fingerprint density at radius 2 is 1.50 bits per heavy atom. The molecule has 2 nitrogen and oxygen atoms in total. The Bertz CT molecular complexity index is 351. The third kappa shape index (κ3) is 2.28. The average Bonchev–Trinajstić information content (AvgIpc) is 2.77. The van der Waals surface area contributed by atoms with E-state index in [1.807, 2.05) is 29.6 Å². The molecule has 0 unspecified atom stereocenters. The molecule has 1 heterocycles. The van der Waals surface area contributed by atoms with Gasteiger partial charge in [0.2, 0.25) is 0 Å². The Morgan fingerprint density at radius 1 is 1.00 bits per heavy atom. The van der Waals surface area contributed by atoms with E-state index in [1.54, 1.807) is 14.2 Å². The third-order valence-electron chi connectivity index (χ3n) is 2.71. The minimum atomic E-state index is 0.141. The second kappa shape index (κ2) is 4.80. The molecular formula is C12H16O2S2. The summed E-state index contributed by atoms with van der Waals surface area (Å²) in [6, 6.07) is 6.12. The minimum Gasteiger partial charge on any atom is -0.497 e. The van der Waals surface area contributed by atoms with Crippen LogP contribution in [0.25, 0.3) is 0 Å². The summed E-state index contributed by atoms with van der Waals surface area (Å²) >= 11 is 3.98. The highest BCUT2D eigenvalue weighted by molar-refractivity contribution is 8.20. The third-order valence-corrected chi connectivity index (χ3v) is 6.07. The quantitative estimate of drug-likeness (QED) is 0.825. The zero-order valence-corrected chi connectivity index (χ0v) is 11.4. The number of hydrogen-bond acceptors (Lipinski definition) is 4. The Kier molecular flexibility index (Phi) is 3.60. The van der Waals surface area contributed by atoms with Crippen molar-refractivity contribution >= 4 is 23.5 Å². The summed E-state index contributed by atoms with van der Waals surface area (Å²) in [7, 11) is 3.38. The van der Waals surface area contributed by atoms with Gasteiger partial charge in [-0.3, -0.25) is 0 Å². The lowest BCUT2D eigenvalue weighted by Gasteiger charge is -2.23. The van der Waals surface area contributed by atoms with E-state index < -0.39 is 0 Å². The van der Waals surface area contributed by atoms with Crippen LogP contribution in [0.4, 0.5) is 0 Å². The van der Waals surface area contributed by atoms with Gasteiger partial charge in [-0.2, -0.15) is 0 Å². The van der Waals surface area contributed by atoms with E-state index in [1.165, 1.54) is 17.1 Å². The van der Waals surface area contributed by atoms with Crippen molar-refractivity contribution in [2.24, 2.45) is 0 Å². The fourth-order valence-electron chi connectivity index (χ4n) is 1.75. The molecule has 0 aromatic heterocycles. The Balaban J connectivity index is 2.39. The van der Waals surface area contributed by atoms with Gasteiger partial charge < -0.3 is 9.47 Å². The van der Waals surface area contributed by atoms with Crippen molar-refractivity contribution in [3.8, 4) is 11.5 Å². The van der Waals surface area contributed by atoms with E-state index >= 15 is 0 Å². The fraction of sp³-hybridized carbons (Fsp3) is 0.500. The van der Waals surface area contributed by atoms with Crippen molar-refractivity contribution < 1.29 is 9.47 Å². The Morgan fingerprint density at radius 3 is 1.94 bits per heavy atom. The number of methoxy groups -OCH3 is 2. The first-order valence-corrected chi connectivity index (χ1v) is 7.16. The smallest absolute Gasteiger partial charge is 0.122 e. The van der Waals surface area contributed by atoms with Crippen LogP contribution in [0.2, 0.25) is 0 Å². The van der Waals surface area contributed by atoms with Crippen molar-refractivity contribution in [2.45, 2.75) is 11.0 Å². The molecule has 16 heavy (non-hydrogen) atoms. The first-order valence-electron chi connectivity index (χ1n) is 5.19. The number of thioether (sulfide) groups is 2. The second-order valence-electron chi connectivity index (χ2n) is 3.74. The van der Waals surface area contributed by atoms with E-state index in [-0.39, 0.29) is 4.08 Å². The molecule has 2 rings (SSSR count). The number of benzene rings is 1. The molecular weight excluding hydrogens is 240 g/mol. The molecule has 0 bridgehead atoms. The predicted octanol–water partition coefficient (Wildman–Crippen LogP) is 3.36. The minimum absolute atomic E-state index is 0.141. The molecule has 0 spiro atoms. The second-order valence-corrected chi connectivity index (χ2v) is 7.03. The van der Waals surface area contributed by atoms with Gasteiger partial charge in [0.05, 0.1) is 18.3 Å². The zero-order valence-electron chi connectivity index (χ0n) is 9.78. The SMILES string of the molecule is COc1cc(OC)cc(C2(C)SCCS2)c1. The summed E-state index contributed by atoms with van der Waals surface area (Å²) in [5.74, 6) is 4.15. The molecule has 4 heteroatoms. The van der Waals surface area contributed by atoms with Crippen LogP contribution in [-0.4, -0.2) is 25.7 Å². The van der Waals surface area contributed by atoms with Crippen molar-refractivity contribution in [2.75, 3.05) is 25.7 Å². The molecule has 1 aromatic carbocycles. The van der Waals surface area contributed by atoms with E-state index in [4.69, 9.17) is 9.47 Å². The highest BCUT2D eigenvalue weighted by Gasteiger charge is 2.33. The van der Waals surface area contributed by atoms with Crippen molar-refractivity contribution in [1.82, 2.24) is 0 Å². The highest BCUT2D eigenvalue weighted by atomic mass is 32.2. The Labute approximate surface area is 105 Å². The molecule has 0 radical (unpaired) electrons. The van der Waals surface area contributed by atoms with Crippen molar-refractivity contribution in [3.63, 3.8) is 0 Å². The molecule has 1 aliphatic rings. The molecule has 0 amide bonds. The van der Waals surface area contributed by atoms with Gasteiger partial charge in [-0.05, 0) is 24.6 Å². The lowest BCUT2D eigenvalue weighted by molar-refractivity contribution is 0.393. The van der Waals surface area contributed by atoms with E-state index in [9.17, 15) is 0 Å². The first kappa shape index (κ1) is 12.0. The number of hydrogen-bond donors (Lipinski definition) is 0. The molecule has 0 N–H and O–H groups in total. The van der Waals surface area contributed by atoms with E-state index in [2.05, 4.69) is 19.1 Å². The predicted molar refractivity (Wildman–Crippen MR) is 71.8 cm³/mol. The first-order chi connectivity index (χ1) is 7.68. The highest BCUT2D eigenvalue weighted by Crippen LogP contribution is 2.52. The van der Waals surface area contributed by atoms with Gasteiger partial charge in [0.25, 0.3) is 0 Å². The largest absolute Gasteiger partial charge is 0.497 e. The fourth-order valence-corrected chi connectivity index (χ4v) is 4.60. The van der Waals surface area contributed by atoms with Gasteiger partial charge in [-0.1, -0.05) is 0 Å². The standard InChI is InChI=1S/C12H16O2S2/c1-12(15-4-5-16-12)9-6-10(13-2)8-11(7-9)14-3/h6-8H,4-5H2,1-3H3. The summed E-state index contributed by atoms with van der Waals surface area (Å²) in [6.45, 7) is 2.27. The van der Waals surface area contributed by atoms with Crippen LogP contribution >= 0.6 is 23.5 Å². The summed E-state index contributed by atoms with van der Waals surface area (Å²) in [5.41, 5.74) is 1.27. The lowest BCUT2D eigenvalue weighted by atomic mass is 10.1. The van der Waals surface area contributed by atoms with Gasteiger partial charge in [0.1, 0.15) is 11.5 Å². The van der Waals surface area contributed by atoms with Gasteiger partial charge in [0, 0.05) is 17.6 Å². The molecule has 1 fully saturated rings. The van der Waals surface area contributed by atoms with Gasteiger partial charge in [0.15, 0.2) is 0 Å². The van der Waals surface area contributed by atoms with Crippen LogP contribution in [0.5, 0.6) is 11.5 Å². The molecule has 0 aliphatic carbocycles. The lowest BCUT2D eigenvalue weighted by Crippen LogP contribution is -2.08. The maximum absolute atomic E-state index is 5.30. The monoisotopic (exact) mass is 256 g/mol. The normalized spacial score (nSPS) is 18.4. The topological polar surface area (TPSA) is 18.5 Å². The van der Waals surface area contributed by atoms with Crippen LogP contribution in [0.3, 0.4) is 0 Å². The van der Waals surface area contributed by atoms with Gasteiger partial charge >= 0.3 is 0 Å². The van der Waals surface area contributed by atoms with Crippen molar-refractivity contribution in [3.05, 3.63) is 23.8 Å². The zero-order chi connectivity index (χ0) is 11.6. The van der Waals surface area contributed by atoms with Gasteiger partial charge in [-0.25, -0.2) is 0 Å². The molecule has 88 valence electrons. The summed E-state index contributed by atoms with van der Waals surface area (Å²) in [4.78, 5) is 0. The molecule has 0 saturated carbocycles. The average molecular weight is 256 g/mol. The Hall–Kier alpha value is -0.480. The van der Waals surface area contributed by atoms with E-state index in [0.29, 0.717) is 0 Å². The van der Waals surface area contributed by atoms with Gasteiger partial charge in [-0.15, -0.1) is 23.5 Å².